The number of halogens is 2. The SMILES string of the molecule is CCNC(=NCc1cccc(F)c1)NCCCC(=O)N1CCc2ccccc2C1.I. The van der Waals surface area contributed by atoms with Crippen LogP contribution in [0.1, 0.15) is 36.5 Å². The molecular formula is C23H30FIN4O. The number of guanidine groups is 1. The van der Waals surface area contributed by atoms with Gasteiger partial charge in [0, 0.05) is 32.6 Å². The largest absolute Gasteiger partial charge is 0.357 e. The molecular weight excluding hydrogens is 494 g/mol. The van der Waals surface area contributed by atoms with Crippen LogP contribution in [0.5, 0.6) is 0 Å². The molecule has 0 radical (unpaired) electrons. The van der Waals surface area contributed by atoms with Gasteiger partial charge in [0.25, 0.3) is 0 Å². The van der Waals surface area contributed by atoms with Gasteiger partial charge in [0.05, 0.1) is 6.54 Å². The lowest BCUT2D eigenvalue weighted by atomic mass is 9.99. The fraction of sp³-hybridized carbons (Fsp3) is 0.391. The van der Waals surface area contributed by atoms with Crippen LogP contribution in [0.4, 0.5) is 4.39 Å². The summed E-state index contributed by atoms with van der Waals surface area (Å²) < 4.78 is 13.3. The zero-order valence-electron chi connectivity index (χ0n) is 17.4. The van der Waals surface area contributed by atoms with Crippen molar-refractivity contribution < 1.29 is 9.18 Å². The lowest BCUT2D eigenvalue weighted by molar-refractivity contribution is -0.132. The molecule has 0 spiro atoms. The lowest BCUT2D eigenvalue weighted by Gasteiger charge is -2.29. The number of amides is 1. The van der Waals surface area contributed by atoms with E-state index in [0.717, 1.165) is 31.5 Å². The first kappa shape index (κ1) is 24.1. The maximum Gasteiger partial charge on any atom is 0.222 e. The first-order valence-electron chi connectivity index (χ1n) is 10.3. The molecule has 1 amide bonds. The number of rotatable bonds is 7. The molecule has 0 saturated heterocycles. The van der Waals surface area contributed by atoms with E-state index in [1.807, 2.05) is 24.0 Å². The molecule has 3 rings (SSSR count). The Hall–Kier alpha value is -2.16. The molecule has 5 nitrogen and oxygen atoms in total. The van der Waals surface area contributed by atoms with Crippen LogP contribution in [-0.2, 0) is 24.3 Å². The van der Waals surface area contributed by atoms with E-state index in [0.29, 0.717) is 32.0 Å². The summed E-state index contributed by atoms with van der Waals surface area (Å²) in [5, 5.41) is 6.43. The third kappa shape index (κ3) is 7.27. The molecule has 0 aliphatic carbocycles. The minimum atomic E-state index is -0.255. The van der Waals surface area contributed by atoms with Crippen LogP contribution in [0, 0.1) is 5.82 Å². The highest BCUT2D eigenvalue weighted by molar-refractivity contribution is 14.0. The molecule has 30 heavy (non-hydrogen) atoms. The lowest BCUT2D eigenvalue weighted by Crippen LogP contribution is -2.39. The molecule has 0 bridgehead atoms. The topological polar surface area (TPSA) is 56.7 Å². The summed E-state index contributed by atoms with van der Waals surface area (Å²) in [6, 6.07) is 14.8. The van der Waals surface area contributed by atoms with Gasteiger partial charge in [-0.05, 0) is 48.6 Å². The Bertz CT molecular complexity index is 859. The van der Waals surface area contributed by atoms with Gasteiger partial charge in [0.1, 0.15) is 5.82 Å². The highest BCUT2D eigenvalue weighted by Crippen LogP contribution is 2.19. The van der Waals surface area contributed by atoms with E-state index >= 15 is 0 Å². The van der Waals surface area contributed by atoms with E-state index in [2.05, 4.69) is 33.8 Å². The summed E-state index contributed by atoms with van der Waals surface area (Å²) in [5.74, 6) is 0.619. The molecule has 1 heterocycles. The van der Waals surface area contributed by atoms with Crippen molar-refractivity contribution >= 4 is 35.8 Å². The second-order valence-corrected chi connectivity index (χ2v) is 7.19. The molecule has 2 aromatic carbocycles. The number of carbonyl (C=O) groups is 1. The number of nitrogens with one attached hydrogen (secondary N) is 2. The Morgan fingerprint density at radius 2 is 1.93 bits per heavy atom. The van der Waals surface area contributed by atoms with Gasteiger partial charge in [-0.25, -0.2) is 9.38 Å². The van der Waals surface area contributed by atoms with Crippen molar-refractivity contribution in [3.8, 4) is 0 Å². The highest BCUT2D eigenvalue weighted by Gasteiger charge is 2.19. The van der Waals surface area contributed by atoms with Crippen LogP contribution in [0.15, 0.2) is 53.5 Å². The normalized spacial score (nSPS) is 13.3. The van der Waals surface area contributed by atoms with E-state index in [-0.39, 0.29) is 35.7 Å². The van der Waals surface area contributed by atoms with Crippen molar-refractivity contribution in [3.63, 3.8) is 0 Å². The predicted molar refractivity (Wildman–Crippen MR) is 129 cm³/mol. The third-order valence-electron chi connectivity index (χ3n) is 5.00. The second kappa shape index (κ2) is 12.5. The van der Waals surface area contributed by atoms with Crippen molar-refractivity contribution in [2.24, 2.45) is 4.99 Å². The smallest absolute Gasteiger partial charge is 0.222 e. The fourth-order valence-corrected chi connectivity index (χ4v) is 3.46. The van der Waals surface area contributed by atoms with Gasteiger partial charge in [-0.1, -0.05) is 36.4 Å². The predicted octanol–water partition coefficient (Wildman–Crippen LogP) is 3.86. The zero-order valence-corrected chi connectivity index (χ0v) is 19.7. The summed E-state index contributed by atoms with van der Waals surface area (Å²) in [6.07, 6.45) is 2.18. The summed E-state index contributed by atoms with van der Waals surface area (Å²) in [5.41, 5.74) is 3.43. The second-order valence-electron chi connectivity index (χ2n) is 7.19. The van der Waals surface area contributed by atoms with Gasteiger partial charge in [-0.2, -0.15) is 0 Å². The van der Waals surface area contributed by atoms with Gasteiger partial charge in [0.2, 0.25) is 5.91 Å². The van der Waals surface area contributed by atoms with Crippen molar-refractivity contribution in [1.29, 1.82) is 0 Å². The molecule has 0 fully saturated rings. The van der Waals surface area contributed by atoms with Gasteiger partial charge in [0.15, 0.2) is 5.96 Å². The van der Waals surface area contributed by atoms with Crippen LogP contribution in [-0.4, -0.2) is 36.4 Å². The van der Waals surface area contributed by atoms with Crippen LogP contribution in [0.2, 0.25) is 0 Å². The summed E-state index contributed by atoms with van der Waals surface area (Å²) in [6.45, 7) is 5.30. The highest BCUT2D eigenvalue weighted by atomic mass is 127. The Labute approximate surface area is 195 Å². The first-order valence-corrected chi connectivity index (χ1v) is 10.3. The monoisotopic (exact) mass is 524 g/mol. The third-order valence-corrected chi connectivity index (χ3v) is 5.00. The number of hydrogen-bond donors (Lipinski definition) is 2. The van der Waals surface area contributed by atoms with E-state index in [4.69, 9.17) is 0 Å². The Morgan fingerprint density at radius 1 is 1.13 bits per heavy atom. The van der Waals surface area contributed by atoms with Gasteiger partial charge in [-0.3, -0.25) is 4.79 Å². The van der Waals surface area contributed by atoms with E-state index in [1.165, 1.54) is 23.3 Å². The summed E-state index contributed by atoms with van der Waals surface area (Å²) in [4.78, 5) is 19.0. The Kier molecular flexibility index (Phi) is 10.1. The van der Waals surface area contributed by atoms with Crippen molar-refractivity contribution in [1.82, 2.24) is 15.5 Å². The molecule has 0 aromatic heterocycles. The van der Waals surface area contributed by atoms with E-state index in [1.54, 1.807) is 6.07 Å². The first-order chi connectivity index (χ1) is 14.2. The average Bonchev–Trinajstić information content (AvgIpc) is 2.74. The molecule has 1 aliphatic heterocycles. The molecule has 1 aliphatic rings. The van der Waals surface area contributed by atoms with Crippen molar-refractivity contribution in [2.75, 3.05) is 19.6 Å². The Morgan fingerprint density at radius 3 is 2.70 bits per heavy atom. The summed E-state index contributed by atoms with van der Waals surface area (Å²) in [7, 11) is 0. The van der Waals surface area contributed by atoms with Crippen LogP contribution < -0.4 is 10.6 Å². The molecule has 7 heteroatoms. The van der Waals surface area contributed by atoms with Gasteiger partial charge >= 0.3 is 0 Å². The van der Waals surface area contributed by atoms with Crippen LogP contribution in [0.25, 0.3) is 0 Å². The number of carbonyl (C=O) groups excluding carboxylic acids is 1. The molecule has 0 atom stereocenters. The fourth-order valence-electron chi connectivity index (χ4n) is 3.46. The number of hydrogen-bond acceptors (Lipinski definition) is 2. The maximum atomic E-state index is 13.3. The molecule has 2 aromatic rings. The Balaban J connectivity index is 0.00000320. The quantitative estimate of drug-likeness (QED) is 0.251. The molecule has 0 unspecified atom stereocenters. The van der Waals surface area contributed by atoms with E-state index < -0.39 is 0 Å². The number of nitrogens with zero attached hydrogens (tertiary/aromatic N) is 2. The molecule has 2 N–H and O–H groups in total. The molecule has 0 saturated carbocycles. The number of fused-ring (bicyclic) bond motifs is 1. The standard InChI is InChI=1S/C23H29FN4O.HI/c1-2-25-23(27-16-18-7-5-10-21(24)15-18)26-13-6-11-22(29)28-14-12-19-8-3-4-9-20(19)17-28;/h3-5,7-10,15H,2,6,11-14,16-17H2,1H3,(H2,25,26,27);1H. The van der Waals surface area contributed by atoms with E-state index in [9.17, 15) is 9.18 Å². The average molecular weight is 524 g/mol. The van der Waals surface area contributed by atoms with Crippen molar-refractivity contribution in [2.45, 2.75) is 39.3 Å². The van der Waals surface area contributed by atoms with Crippen molar-refractivity contribution in [3.05, 3.63) is 71.0 Å². The number of aliphatic imine (C=N–C) groups is 1. The number of benzene rings is 2. The minimum Gasteiger partial charge on any atom is -0.357 e. The summed E-state index contributed by atoms with van der Waals surface area (Å²) >= 11 is 0. The maximum absolute atomic E-state index is 13.3. The zero-order chi connectivity index (χ0) is 20.5. The van der Waals surface area contributed by atoms with Gasteiger partial charge in [-0.15, -0.1) is 24.0 Å². The minimum absolute atomic E-state index is 0. The van der Waals surface area contributed by atoms with Crippen LogP contribution in [0.3, 0.4) is 0 Å². The molecule has 162 valence electrons. The van der Waals surface area contributed by atoms with Gasteiger partial charge < -0.3 is 15.5 Å². The van der Waals surface area contributed by atoms with Crippen LogP contribution >= 0.6 is 24.0 Å².